The molecule has 1 aliphatic rings. The van der Waals surface area contributed by atoms with Crippen molar-refractivity contribution < 1.29 is 5.37 Å². The minimum atomic E-state index is 0.125. The molecule has 18 heavy (non-hydrogen) atoms. The Morgan fingerprint density at radius 2 is 1.06 bits per heavy atom. The Hall–Kier alpha value is 1.24. The van der Waals surface area contributed by atoms with Crippen LogP contribution >= 0.6 is 0 Å². The van der Waals surface area contributed by atoms with E-state index in [-0.39, 0.29) is 75.5 Å². The van der Waals surface area contributed by atoms with Crippen molar-refractivity contribution in [2.45, 2.75) is 53.8 Å². The van der Waals surface area contributed by atoms with Crippen molar-refractivity contribution in [3.63, 3.8) is 0 Å². The van der Waals surface area contributed by atoms with Crippen LogP contribution < -0.4 is 0 Å². The quantitative estimate of drug-likeness (QED) is 0.432. The van der Waals surface area contributed by atoms with Gasteiger partial charge >= 0.3 is 146 Å². The molecule has 0 aromatic heterocycles. The van der Waals surface area contributed by atoms with Crippen LogP contribution in [-0.2, 0) is 5.37 Å². The van der Waals surface area contributed by atoms with Gasteiger partial charge in [0.15, 0.2) is 0 Å². The molecule has 0 spiro atoms. The number of hydrogen-bond donors (Lipinski definition) is 0. The summed E-state index contributed by atoms with van der Waals surface area (Å²) >= 11 is 0.249. The zero-order chi connectivity index (χ0) is 14.1. The first-order valence-corrected chi connectivity index (χ1v) is 13.0. The van der Waals surface area contributed by atoms with E-state index in [2.05, 4.69) is 53.7 Å². The molecule has 2 unspecified atom stereocenters. The van der Waals surface area contributed by atoms with E-state index < -0.39 is 0 Å². The summed E-state index contributed by atoms with van der Waals surface area (Å²) in [6.45, 7) is 13.6. The Kier molecular flexibility index (Phi) is 6.10. The molecular formula is C14H26O2Tl2. The van der Waals surface area contributed by atoms with Crippen LogP contribution in [0.3, 0.4) is 0 Å². The molecule has 0 aliphatic heterocycles. The molecule has 0 aromatic carbocycles. The third kappa shape index (κ3) is 3.88. The van der Waals surface area contributed by atoms with Crippen LogP contribution in [0, 0.1) is 10.8 Å². The monoisotopic (exact) mass is 636 g/mol. The van der Waals surface area contributed by atoms with Crippen molar-refractivity contribution in [2.24, 2.45) is 10.8 Å². The Labute approximate surface area is 144 Å². The summed E-state index contributed by atoms with van der Waals surface area (Å²) in [5.41, 5.74) is 3.08. The molecule has 100 valence electrons. The Morgan fingerprint density at radius 1 is 0.778 bits per heavy atom. The van der Waals surface area contributed by atoms with Crippen LogP contribution in [0.1, 0.15) is 41.5 Å². The molecule has 0 saturated carbocycles. The van der Waals surface area contributed by atoms with Gasteiger partial charge < -0.3 is 0 Å². The van der Waals surface area contributed by atoms with Crippen molar-refractivity contribution >= 4 is 52.4 Å². The van der Waals surface area contributed by atoms with E-state index in [0.717, 1.165) is 0 Å². The van der Waals surface area contributed by atoms with E-state index in [4.69, 9.17) is 5.37 Å². The summed E-state index contributed by atoms with van der Waals surface area (Å²) in [6, 6.07) is 0. The zero-order valence-electron chi connectivity index (χ0n) is 13.1. The predicted molar refractivity (Wildman–Crippen MR) is 81.9 cm³/mol. The van der Waals surface area contributed by atoms with Gasteiger partial charge in [0.2, 0.25) is 0 Å². The molecule has 2 nitrogen and oxygen atoms in total. The van der Waals surface area contributed by atoms with Crippen LogP contribution in [0.5, 0.6) is 0 Å². The van der Waals surface area contributed by atoms with Crippen LogP contribution in [0.15, 0.2) is 23.3 Å². The van der Waals surface area contributed by atoms with Gasteiger partial charge in [0.25, 0.3) is 0 Å². The Bertz CT molecular complexity index is 323. The van der Waals surface area contributed by atoms with Gasteiger partial charge in [-0.25, -0.2) is 0 Å². The van der Waals surface area contributed by atoms with Crippen molar-refractivity contribution in [3.8, 4) is 0 Å². The molecule has 0 N–H and O–H groups in total. The third-order valence-electron chi connectivity index (χ3n) is 3.57. The summed E-state index contributed by atoms with van der Waals surface area (Å²) in [5.74, 6) is 0. The van der Waals surface area contributed by atoms with Gasteiger partial charge in [-0.1, -0.05) is 0 Å². The molecule has 0 fully saturated rings. The number of rotatable bonds is 2. The van der Waals surface area contributed by atoms with Gasteiger partial charge in [0.05, 0.1) is 0 Å². The first kappa shape index (κ1) is 17.3. The van der Waals surface area contributed by atoms with Gasteiger partial charge in [0, 0.05) is 0 Å². The summed E-state index contributed by atoms with van der Waals surface area (Å²) in [4.78, 5) is 0. The first-order chi connectivity index (χ1) is 8.12. The van der Waals surface area contributed by atoms with Crippen LogP contribution in [-0.4, -0.2) is 64.6 Å². The zero-order valence-corrected chi connectivity index (χ0v) is 28.7. The van der Waals surface area contributed by atoms with Crippen molar-refractivity contribution in [2.75, 3.05) is 0 Å². The number of hydrogen-bond acceptors (Lipinski definition) is 2. The van der Waals surface area contributed by atoms with E-state index in [1.807, 2.05) is 0 Å². The molecule has 1 rings (SSSR count). The van der Waals surface area contributed by atoms with Crippen molar-refractivity contribution in [1.29, 1.82) is 0 Å². The average Bonchev–Trinajstić information content (AvgIpc) is 2.24. The molecule has 0 saturated heterocycles. The van der Waals surface area contributed by atoms with E-state index in [1.54, 1.807) is 0 Å². The molecule has 2 atom stereocenters. The molecule has 0 radical (unpaired) electrons. The summed E-state index contributed by atoms with van der Waals surface area (Å²) in [6.07, 6.45) is 4.87. The van der Waals surface area contributed by atoms with Crippen LogP contribution in [0.4, 0.5) is 0 Å². The van der Waals surface area contributed by atoms with Gasteiger partial charge in [-0.2, -0.15) is 0 Å². The molecule has 0 heterocycles. The van der Waals surface area contributed by atoms with Gasteiger partial charge in [-0.05, 0) is 0 Å². The second-order valence-corrected chi connectivity index (χ2v) is 10.7. The molecule has 0 bridgehead atoms. The van der Waals surface area contributed by atoms with Crippen LogP contribution in [0.2, 0.25) is 0 Å². The summed E-state index contributed by atoms with van der Waals surface area (Å²) < 4.78 is 12.0. The molecule has 0 aromatic rings. The summed E-state index contributed by atoms with van der Waals surface area (Å²) in [7, 11) is 0. The SMILES string of the molecule is CC(C)(C)C1=CC=C(C(C)(C)C)C([O][TlH2])C1[O][TlH2]. The van der Waals surface area contributed by atoms with E-state index in [1.165, 1.54) is 11.1 Å². The normalized spacial score (nSPS) is 25.7. The fourth-order valence-electron chi connectivity index (χ4n) is 2.55. The van der Waals surface area contributed by atoms with Crippen molar-refractivity contribution in [1.82, 2.24) is 0 Å². The fourth-order valence-corrected chi connectivity index (χ4v) is 6.45. The minimum absolute atomic E-state index is 0.125. The van der Waals surface area contributed by atoms with E-state index in [9.17, 15) is 0 Å². The van der Waals surface area contributed by atoms with Crippen molar-refractivity contribution in [3.05, 3.63) is 23.3 Å². The summed E-state index contributed by atoms with van der Waals surface area (Å²) in [5, 5.41) is 0. The fraction of sp³-hybridized carbons (Fsp3) is 0.714. The molecule has 0 amide bonds. The third-order valence-corrected chi connectivity index (χ3v) is 7.52. The topological polar surface area (TPSA) is 18.5 Å². The maximum atomic E-state index is 5.98. The average molecular weight is 635 g/mol. The van der Waals surface area contributed by atoms with Gasteiger partial charge in [-0.15, -0.1) is 0 Å². The first-order valence-electron chi connectivity index (χ1n) is 6.61. The Morgan fingerprint density at radius 3 is 1.22 bits per heavy atom. The van der Waals surface area contributed by atoms with Gasteiger partial charge in [-0.3, -0.25) is 0 Å². The second kappa shape index (κ2) is 6.34. The molecule has 1 aliphatic carbocycles. The van der Waals surface area contributed by atoms with Gasteiger partial charge in [0.1, 0.15) is 0 Å². The van der Waals surface area contributed by atoms with E-state index in [0.29, 0.717) is 0 Å². The number of allylic oxidation sites excluding steroid dienone is 2. The molecular weight excluding hydrogens is 609 g/mol. The maximum absolute atomic E-state index is 5.98. The second-order valence-electron chi connectivity index (χ2n) is 7.06. The Balaban J connectivity index is 3.26. The van der Waals surface area contributed by atoms with Crippen LogP contribution in [0.25, 0.3) is 0 Å². The standard InChI is InChI=1S/C14H22O2.2Tl.4H/c1-13(2,3)9-7-8-10(14(4,5)6)12(16)11(9)15;;;;;;/h7-8,11-12H,1-6H3;;;;;;/q-2;2*+1;;;;. The molecule has 4 heteroatoms. The van der Waals surface area contributed by atoms with E-state index >= 15 is 0 Å². The predicted octanol–water partition coefficient (Wildman–Crippen LogP) is 1.81.